The lowest BCUT2D eigenvalue weighted by molar-refractivity contribution is -0.139. The number of hydrogen-bond acceptors (Lipinski definition) is 5. The predicted octanol–water partition coefficient (Wildman–Crippen LogP) is 4.90. The quantitative estimate of drug-likeness (QED) is 0.325. The zero-order valence-corrected chi connectivity index (χ0v) is 21.2. The van der Waals surface area contributed by atoms with E-state index in [1.54, 1.807) is 24.4 Å². The van der Waals surface area contributed by atoms with Gasteiger partial charge in [-0.25, -0.2) is 4.79 Å². The Morgan fingerprint density at radius 2 is 1.72 bits per heavy atom. The molecule has 0 aliphatic carbocycles. The number of pyridine rings is 1. The summed E-state index contributed by atoms with van der Waals surface area (Å²) >= 11 is 1.52. The summed E-state index contributed by atoms with van der Waals surface area (Å²) in [7, 11) is 0. The van der Waals surface area contributed by atoms with Gasteiger partial charge in [0.1, 0.15) is 6.04 Å². The highest BCUT2D eigenvalue weighted by Crippen LogP contribution is 2.26. The Kier molecular flexibility index (Phi) is 11.2. The summed E-state index contributed by atoms with van der Waals surface area (Å²) in [6, 6.07) is 15.5. The number of nitrogens with zero attached hydrogens (tertiary/aromatic N) is 1. The molecule has 3 rings (SSSR count). The molecule has 188 valence electrons. The number of amides is 1. The van der Waals surface area contributed by atoms with Crippen molar-refractivity contribution in [3.8, 4) is 11.1 Å². The smallest absolute Gasteiger partial charge is 0.326 e. The Morgan fingerprint density at radius 1 is 1.00 bits per heavy atom. The van der Waals surface area contributed by atoms with Crippen LogP contribution in [0.25, 0.3) is 23.3 Å². The molecule has 3 N–H and O–H groups in total. The summed E-state index contributed by atoms with van der Waals surface area (Å²) in [4.78, 5) is 39.8. The van der Waals surface area contributed by atoms with Crippen LogP contribution in [0.2, 0.25) is 0 Å². The van der Waals surface area contributed by atoms with Crippen molar-refractivity contribution in [2.24, 2.45) is 0 Å². The first-order chi connectivity index (χ1) is 16.9. The fourth-order valence-corrected chi connectivity index (χ4v) is 3.98. The predicted molar refractivity (Wildman–Crippen MR) is 146 cm³/mol. The van der Waals surface area contributed by atoms with Crippen LogP contribution in [0, 0.1) is 0 Å². The van der Waals surface area contributed by atoms with Gasteiger partial charge in [0.2, 0.25) is 0 Å². The Morgan fingerprint density at radius 3 is 2.39 bits per heavy atom. The van der Waals surface area contributed by atoms with Crippen LogP contribution in [0.1, 0.15) is 33.5 Å². The molecule has 1 amide bonds. The van der Waals surface area contributed by atoms with E-state index in [0.29, 0.717) is 28.9 Å². The number of carboxylic acids is 2. The number of halogens is 1. The van der Waals surface area contributed by atoms with Crippen molar-refractivity contribution in [1.29, 1.82) is 0 Å². The number of thioether (sulfide) groups is 1. The van der Waals surface area contributed by atoms with Crippen LogP contribution in [0.5, 0.6) is 0 Å². The number of aliphatic carboxylic acids is 2. The highest BCUT2D eigenvalue weighted by molar-refractivity contribution is 7.98. The van der Waals surface area contributed by atoms with E-state index in [9.17, 15) is 19.5 Å². The SMILES string of the molecule is CSCC[C@H](NC(=O)c1ccc(C=Cc2cncc(CC(=O)O)c2)cc1-c1ccccc1)C(=O)O.Cl. The molecule has 1 atom stereocenters. The van der Waals surface area contributed by atoms with Crippen LogP contribution in [0.3, 0.4) is 0 Å². The highest BCUT2D eigenvalue weighted by atomic mass is 35.5. The third kappa shape index (κ3) is 8.25. The molecule has 7 nitrogen and oxygen atoms in total. The van der Waals surface area contributed by atoms with E-state index in [0.717, 1.165) is 16.7 Å². The van der Waals surface area contributed by atoms with Crippen molar-refractivity contribution in [3.63, 3.8) is 0 Å². The van der Waals surface area contributed by atoms with Gasteiger partial charge in [-0.3, -0.25) is 14.6 Å². The fourth-order valence-electron chi connectivity index (χ4n) is 3.51. The molecule has 9 heteroatoms. The zero-order chi connectivity index (χ0) is 25.2. The minimum Gasteiger partial charge on any atom is -0.481 e. The Bertz CT molecular complexity index is 1230. The average Bonchev–Trinajstić information content (AvgIpc) is 2.85. The zero-order valence-electron chi connectivity index (χ0n) is 19.6. The summed E-state index contributed by atoms with van der Waals surface area (Å²) in [5.74, 6) is -1.81. The maximum absolute atomic E-state index is 13.1. The largest absolute Gasteiger partial charge is 0.481 e. The molecule has 2 aromatic carbocycles. The van der Waals surface area contributed by atoms with E-state index < -0.39 is 23.9 Å². The van der Waals surface area contributed by atoms with Crippen LogP contribution >= 0.6 is 24.2 Å². The van der Waals surface area contributed by atoms with E-state index in [2.05, 4.69) is 10.3 Å². The van der Waals surface area contributed by atoms with E-state index in [1.807, 2.05) is 54.8 Å². The van der Waals surface area contributed by atoms with Crippen LogP contribution in [0.4, 0.5) is 0 Å². The normalized spacial score (nSPS) is 11.5. The number of carboxylic acid groups (broad SMARTS) is 2. The summed E-state index contributed by atoms with van der Waals surface area (Å²) in [5, 5.41) is 21.1. The van der Waals surface area contributed by atoms with Gasteiger partial charge in [-0.05, 0) is 64.4 Å². The van der Waals surface area contributed by atoms with Gasteiger partial charge in [0.25, 0.3) is 5.91 Å². The van der Waals surface area contributed by atoms with Gasteiger partial charge >= 0.3 is 11.9 Å². The maximum atomic E-state index is 13.1. The minimum atomic E-state index is -1.06. The summed E-state index contributed by atoms with van der Waals surface area (Å²) < 4.78 is 0. The lowest BCUT2D eigenvalue weighted by atomic mass is 9.96. The molecule has 0 aliphatic heterocycles. The Hall–Kier alpha value is -3.62. The molecule has 0 saturated carbocycles. The standard InChI is InChI=1S/C27H26N2O5S.ClH/c1-35-12-11-24(27(33)34)29-26(32)22-10-9-18(14-23(22)21-5-3-2-4-6-21)7-8-19-13-20(15-25(30)31)17-28-16-19;/h2-10,13-14,16-17,24H,11-12,15H2,1H3,(H,29,32)(H,30,31)(H,33,34);1H/t24-;/m0./s1. The summed E-state index contributed by atoms with van der Waals surface area (Å²) in [6.07, 6.45) is 8.96. The number of aromatic nitrogens is 1. The van der Waals surface area contributed by atoms with Gasteiger partial charge in [-0.2, -0.15) is 11.8 Å². The molecular formula is C27H27ClN2O5S. The molecule has 1 aromatic heterocycles. The lowest BCUT2D eigenvalue weighted by Crippen LogP contribution is -2.41. The van der Waals surface area contributed by atoms with Gasteiger partial charge in [0, 0.05) is 18.0 Å². The second-order valence-electron chi connectivity index (χ2n) is 7.85. The molecule has 0 bridgehead atoms. The lowest BCUT2D eigenvalue weighted by Gasteiger charge is -2.16. The first-order valence-electron chi connectivity index (χ1n) is 10.9. The minimum absolute atomic E-state index is 0. The van der Waals surface area contributed by atoms with Crippen molar-refractivity contribution >= 4 is 54.2 Å². The molecule has 1 heterocycles. The van der Waals surface area contributed by atoms with Crippen molar-refractivity contribution < 1.29 is 24.6 Å². The highest BCUT2D eigenvalue weighted by Gasteiger charge is 2.22. The third-order valence-corrected chi connectivity index (χ3v) is 5.87. The Labute approximate surface area is 220 Å². The van der Waals surface area contributed by atoms with Crippen LogP contribution in [-0.4, -0.2) is 51.1 Å². The third-order valence-electron chi connectivity index (χ3n) is 5.23. The molecule has 0 unspecified atom stereocenters. The van der Waals surface area contributed by atoms with E-state index in [-0.39, 0.29) is 18.8 Å². The van der Waals surface area contributed by atoms with Crippen molar-refractivity contribution in [3.05, 3.63) is 89.2 Å². The molecule has 0 saturated heterocycles. The van der Waals surface area contributed by atoms with Gasteiger partial charge in [-0.1, -0.05) is 48.6 Å². The summed E-state index contributed by atoms with van der Waals surface area (Å²) in [6.45, 7) is 0. The molecule has 36 heavy (non-hydrogen) atoms. The van der Waals surface area contributed by atoms with Crippen molar-refractivity contribution in [2.75, 3.05) is 12.0 Å². The molecule has 0 aliphatic rings. The monoisotopic (exact) mass is 526 g/mol. The van der Waals surface area contributed by atoms with E-state index in [1.165, 1.54) is 18.0 Å². The van der Waals surface area contributed by atoms with Gasteiger partial charge in [-0.15, -0.1) is 12.4 Å². The van der Waals surface area contributed by atoms with E-state index >= 15 is 0 Å². The van der Waals surface area contributed by atoms with Crippen LogP contribution in [0.15, 0.2) is 67.0 Å². The van der Waals surface area contributed by atoms with Crippen LogP contribution < -0.4 is 5.32 Å². The Balaban J connectivity index is 0.00000456. The molecule has 0 fully saturated rings. The van der Waals surface area contributed by atoms with Gasteiger partial charge in [0.05, 0.1) is 6.42 Å². The first kappa shape index (κ1) is 28.6. The maximum Gasteiger partial charge on any atom is 0.326 e. The number of carbonyl (C=O) groups is 3. The molecular weight excluding hydrogens is 500 g/mol. The van der Waals surface area contributed by atoms with Crippen molar-refractivity contribution in [2.45, 2.75) is 18.9 Å². The number of benzene rings is 2. The first-order valence-corrected chi connectivity index (χ1v) is 12.3. The topological polar surface area (TPSA) is 117 Å². The molecule has 3 aromatic rings. The number of carbonyl (C=O) groups excluding carboxylic acids is 1. The number of hydrogen-bond donors (Lipinski definition) is 3. The second-order valence-corrected chi connectivity index (χ2v) is 8.83. The second kappa shape index (κ2) is 14.1. The van der Waals surface area contributed by atoms with Gasteiger partial charge < -0.3 is 15.5 Å². The van der Waals surface area contributed by atoms with E-state index in [4.69, 9.17) is 5.11 Å². The summed E-state index contributed by atoms with van der Waals surface area (Å²) in [5.41, 5.74) is 4.07. The van der Waals surface area contributed by atoms with Gasteiger partial charge in [0.15, 0.2) is 0 Å². The fraction of sp³-hybridized carbons (Fsp3) is 0.185. The number of rotatable bonds is 11. The molecule has 0 radical (unpaired) electrons. The molecule has 0 spiro atoms. The van der Waals surface area contributed by atoms with Crippen molar-refractivity contribution in [1.82, 2.24) is 10.3 Å². The average molecular weight is 527 g/mol. The number of nitrogens with one attached hydrogen (secondary N) is 1. The van der Waals surface area contributed by atoms with Crippen LogP contribution in [-0.2, 0) is 16.0 Å².